The van der Waals surface area contributed by atoms with E-state index in [2.05, 4.69) is 32.0 Å². The van der Waals surface area contributed by atoms with Crippen molar-refractivity contribution in [3.63, 3.8) is 0 Å². The minimum atomic E-state index is 0.00144. The molecule has 0 saturated heterocycles. The van der Waals surface area contributed by atoms with Gasteiger partial charge in [0.1, 0.15) is 5.82 Å². The number of benzene rings is 1. The Balaban J connectivity index is 1.86. The maximum atomic E-state index is 6.08. The molecule has 0 amide bonds. The van der Waals surface area contributed by atoms with Crippen LogP contribution in [0, 0.1) is 5.92 Å². The fourth-order valence-corrected chi connectivity index (χ4v) is 2.39. The van der Waals surface area contributed by atoms with E-state index in [4.69, 9.17) is 5.73 Å². The van der Waals surface area contributed by atoms with Crippen molar-refractivity contribution in [1.82, 2.24) is 9.97 Å². The Kier molecular flexibility index (Phi) is 3.14. The maximum absolute atomic E-state index is 6.08. The number of nitrogens with zero attached hydrogens (tertiary/aromatic N) is 2. The highest BCUT2D eigenvalue weighted by molar-refractivity contribution is 9.10. The molecule has 1 fully saturated rings. The Hall–Kier alpha value is -1.26. The minimum Gasteiger partial charge on any atom is -0.321 e. The molecule has 18 heavy (non-hydrogen) atoms. The molecule has 92 valence electrons. The number of rotatable bonds is 3. The standard InChI is InChI=1S/C14H14BrN3/c15-12-3-1-2-10(6-12)11-7-17-14(18-8-11)13(16)9-4-5-9/h1-3,6-9,13H,4-5,16H2. The van der Waals surface area contributed by atoms with Crippen molar-refractivity contribution in [2.24, 2.45) is 11.7 Å². The average molecular weight is 304 g/mol. The highest BCUT2D eigenvalue weighted by Gasteiger charge is 2.31. The van der Waals surface area contributed by atoms with Gasteiger partial charge in [-0.2, -0.15) is 0 Å². The summed E-state index contributed by atoms with van der Waals surface area (Å²) in [5, 5.41) is 0. The van der Waals surface area contributed by atoms with E-state index >= 15 is 0 Å². The van der Waals surface area contributed by atoms with Crippen LogP contribution in [0.15, 0.2) is 41.1 Å². The van der Waals surface area contributed by atoms with Crippen LogP contribution in [0.5, 0.6) is 0 Å². The van der Waals surface area contributed by atoms with Gasteiger partial charge in [-0.25, -0.2) is 9.97 Å². The van der Waals surface area contributed by atoms with Crippen LogP contribution in [0.2, 0.25) is 0 Å². The van der Waals surface area contributed by atoms with E-state index in [1.807, 2.05) is 30.6 Å². The van der Waals surface area contributed by atoms with E-state index in [1.165, 1.54) is 12.8 Å². The van der Waals surface area contributed by atoms with Gasteiger partial charge < -0.3 is 5.73 Å². The van der Waals surface area contributed by atoms with Crippen molar-refractivity contribution in [3.05, 3.63) is 47.0 Å². The molecule has 2 N–H and O–H groups in total. The fraction of sp³-hybridized carbons (Fsp3) is 0.286. The topological polar surface area (TPSA) is 51.8 Å². The van der Waals surface area contributed by atoms with Crippen molar-refractivity contribution >= 4 is 15.9 Å². The lowest BCUT2D eigenvalue weighted by molar-refractivity contribution is 0.593. The number of nitrogens with two attached hydrogens (primary N) is 1. The van der Waals surface area contributed by atoms with Gasteiger partial charge in [0.25, 0.3) is 0 Å². The van der Waals surface area contributed by atoms with Gasteiger partial charge in [0.2, 0.25) is 0 Å². The third-order valence-electron chi connectivity index (χ3n) is 3.26. The van der Waals surface area contributed by atoms with E-state index in [0.29, 0.717) is 5.92 Å². The summed E-state index contributed by atoms with van der Waals surface area (Å²) >= 11 is 3.46. The molecule has 1 saturated carbocycles. The summed E-state index contributed by atoms with van der Waals surface area (Å²) in [5.41, 5.74) is 8.20. The summed E-state index contributed by atoms with van der Waals surface area (Å²) < 4.78 is 1.05. The highest BCUT2D eigenvalue weighted by atomic mass is 79.9. The zero-order valence-electron chi connectivity index (χ0n) is 9.88. The molecule has 0 aliphatic heterocycles. The SMILES string of the molecule is NC(c1ncc(-c2cccc(Br)c2)cn1)C1CC1. The molecule has 3 rings (SSSR count). The second-order valence-corrected chi connectivity index (χ2v) is 5.62. The van der Waals surface area contributed by atoms with E-state index in [0.717, 1.165) is 21.4 Å². The van der Waals surface area contributed by atoms with Crippen LogP contribution in [0.1, 0.15) is 24.7 Å². The Labute approximate surface area is 115 Å². The van der Waals surface area contributed by atoms with E-state index in [9.17, 15) is 0 Å². The second kappa shape index (κ2) is 4.78. The molecule has 0 radical (unpaired) electrons. The number of hydrogen-bond donors (Lipinski definition) is 1. The van der Waals surface area contributed by atoms with E-state index < -0.39 is 0 Å². The zero-order chi connectivity index (χ0) is 12.5. The first kappa shape index (κ1) is 11.8. The van der Waals surface area contributed by atoms with Gasteiger partial charge in [-0.3, -0.25) is 0 Å². The second-order valence-electron chi connectivity index (χ2n) is 4.70. The van der Waals surface area contributed by atoms with Crippen LogP contribution in [-0.4, -0.2) is 9.97 Å². The Bertz CT molecular complexity index is 549. The van der Waals surface area contributed by atoms with Gasteiger partial charge in [-0.1, -0.05) is 28.1 Å². The summed E-state index contributed by atoms with van der Waals surface area (Å²) in [6, 6.07) is 8.11. The molecule has 1 aliphatic rings. The largest absolute Gasteiger partial charge is 0.321 e. The summed E-state index contributed by atoms with van der Waals surface area (Å²) in [4.78, 5) is 8.79. The lowest BCUT2D eigenvalue weighted by atomic mass is 10.1. The summed E-state index contributed by atoms with van der Waals surface area (Å²) in [7, 11) is 0. The first-order valence-electron chi connectivity index (χ1n) is 6.07. The molecule has 1 aromatic carbocycles. The van der Waals surface area contributed by atoms with Crippen LogP contribution in [0.4, 0.5) is 0 Å². The molecule has 1 aromatic heterocycles. The first-order valence-corrected chi connectivity index (χ1v) is 6.87. The Morgan fingerprint density at radius 2 is 1.89 bits per heavy atom. The monoisotopic (exact) mass is 303 g/mol. The molecule has 1 atom stereocenters. The number of halogens is 1. The molecular formula is C14H14BrN3. The van der Waals surface area contributed by atoms with Crippen molar-refractivity contribution in [1.29, 1.82) is 0 Å². The number of aromatic nitrogens is 2. The fourth-order valence-electron chi connectivity index (χ4n) is 1.99. The van der Waals surface area contributed by atoms with Crippen LogP contribution >= 0.6 is 15.9 Å². The van der Waals surface area contributed by atoms with Crippen molar-refractivity contribution in [2.45, 2.75) is 18.9 Å². The van der Waals surface area contributed by atoms with Gasteiger partial charge in [0.05, 0.1) is 6.04 Å². The summed E-state index contributed by atoms with van der Waals surface area (Å²) in [5.74, 6) is 1.35. The van der Waals surface area contributed by atoms with Crippen molar-refractivity contribution in [3.8, 4) is 11.1 Å². The quantitative estimate of drug-likeness (QED) is 0.946. The third-order valence-corrected chi connectivity index (χ3v) is 3.75. The van der Waals surface area contributed by atoms with E-state index in [-0.39, 0.29) is 6.04 Å². The molecule has 1 unspecified atom stereocenters. The van der Waals surface area contributed by atoms with Gasteiger partial charge in [0, 0.05) is 22.4 Å². The molecular weight excluding hydrogens is 290 g/mol. The molecule has 1 heterocycles. The zero-order valence-corrected chi connectivity index (χ0v) is 11.5. The van der Waals surface area contributed by atoms with Crippen LogP contribution < -0.4 is 5.73 Å². The normalized spacial score (nSPS) is 16.6. The molecule has 1 aliphatic carbocycles. The summed E-state index contributed by atoms with van der Waals surface area (Å²) in [6.45, 7) is 0. The smallest absolute Gasteiger partial charge is 0.145 e. The lowest BCUT2D eigenvalue weighted by Crippen LogP contribution is -2.15. The van der Waals surface area contributed by atoms with Crippen LogP contribution in [0.3, 0.4) is 0 Å². The minimum absolute atomic E-state index is 0.00144. The predicted octanol–water partition coefficient (Wildman–Crippen LogP) is 3.32. The van der Waals surface area contributed by atoms with Crippen LogP contribution in [0.25, 0.3) is 11.1 Å². The molecule has 4 heteroatoms. The van der Waals surface area contributed by atoms with Crippen LogP contribution in [-0.2, 0) is 0 Å². The molecule has 0 bridgehead atoms. The van der Waals surface area contributed by atoms with Crippen molar-refractivity contribution in [2.75, 3.05) is 0 Å². The maximum Gasteiger partial charge on any atom is 0.145 e. The van der Waals surface area contributed by atoms with Gasteiger partial charge in [-0.05, 0) is 36.5 Å². The highest BCUT2D eigenvalue weighted by Crippen LogP contribution is 2.38. The van der Waals surface area contributed by atoms with E-state index in [1.54, 1.807) is 0 Å². The lowest BCUT2D eigenvalue weighted by Gasteiger charge is -2.09. The molecule has 2 aromatic rings. The molecule has 3 nitrogen and oxygen atoms in total. The average Bonchev–Trinajstić information content (AvgIpc) is 3.22. The van der Waals surface area contributed by atoms with Gasteiger partial charge in [0.15, 0.2) is 0 Å². The predicted molar refractivity (Wildman–Crippen MR) is 74.8 cm³/mol. The number of hydrogen-bond acceptors (Lipinski definition) is 3. The Morgan fingerprint density at radius 1 is 1.17 bits per heavy atom. The van der Waals surface area contributed by atoms with Gasteiger partial charge >= 0.3 is 0 Å². The molecule has 0 spiro atoms. The first-order chi connectivity index (χ1) is 8.74. The summed E-state index contributed by atoms with van der Waals surface area (Å²) in [6.07, 6.45) is 6.12. The van der Waals surface area contributed by atoms with Gasteiger partial charge in [-0.15, -0.1) is 0 Å². The Morgan fingerprint density at radius 3 is 2.50 bits per heavy atom. The third kappa shape index (κ3) is 2.44. The van der Waals surface area contributed by atoms with Crippen molar-refractivity contribution < 1.29 is 0 Å².